The van der Waals surface area contributed by atoms with E-state index in [9.17, 15) is 9.18 Å². The number of benzene rings is 1. The van der Waals surface area contributed by atoms with E-state index in [2.05, 4.69) is 0 Å². The van der Waals surface area contributed by atoms with Gasteiger partial charge in [0.15, 0.2) is 0 Å². The van der Waals surface area contributed by atoms with Gasteiger partial charge < -0.3 is 15.4 Å². The van der Waals surface area contributed by atoms with Crippen molar-refractivity contribution in [3.63, 3.8) is 0 Å². The third-order valence-electron chi connectivity index (χ3n) is 3.01. The van der Waals surface area contributed by atoms with Gasteiger partial charge in [-0.3, -0.25) is 4.79 Å². The lowest BCUT2D eigenvalue weighted by atomic mass is 10.1. The normalized spacial score (nSPS) is 11.4. The van der Waals surface area contributed by atoms with E-state index in [1.807, 2.05) is 6.92 Å². The van der Waals surface area contributed by atoms with Crippen molar-refractivity contribution in [3.05, 3.63) is 30.1 Å². The average Bonchev–Trinajstić information content (AvgIpc) is 2.44. The number of nitrogens with two attached hydrogens (primary N) is 1. The van der Waals surface area contributed by atoms with Gasteiger partial charge in [-0.25, -0.2) is 4.39 Å². The van der Waals surface area contributed by atoms with Crippen LogP contribution in [0.2, 0.25) is 0 Å². The van der Waals surface area contributed by atoms with Gasteiger partial charge in [0.05, 0.1) is 12.6 Å². The van der Waals surface area contributed by atoms with Gasteiger partial charge in [-0.15, -0.1) is 12.4 Å². The van der Waals surface area contributed by atoms with Gasteiger partial charge in [-0.1, -0.05) is 13.3 Å². The van der Waals surface area contributed by atoms with Crippen molar-refractivity contribution in [2.24, 2.45) is 5.73 Å². The molecule has 0 heterocycles. The van der Waals surface area contributed by atoms with Crippen LogP contribution in [0, 0.1) is 5.82 Å². The van der Waals surface area contributed by atoms with Gasteiger partial charge in [0.1, 0.15) is 11.6 Å². The SMILES string of the molecule is CCCC(N)C(=O)N(C)CCCOc1ccc(F)cc1.Cl. The highest BCUT2D eigenvalue weighted by Gasteiger charge is 2.16. The molecule has 1 aromatic rings. The fraction of sp³-hybridized carbons (Fsp3) is 0.533. The van der Waals surface area contributed by atoms with Crippen molar-refractivity contribution in [2.75, 3.05) is 20.2 Å². The van der Waals surface area contributed by atoms with Crippen molar-refractivity contribution in [2.45, 2.75) is 32.2 Å². The van der Waals surface area contributed by atoms with Crippen LogP contribution in [0.3, 0.4) is 0 Å². The van der Waals surface area contributed by atoms with Gasteiger partial charge >= 0.3 is 0 Å². The molecular weight excluding hydrogens is 295 g/mol. The highest BCUT2D eigenvalue weighted by atomic mass is 35.5. The quantitative estimate of drug-likeness (QED) is 0.750. The monoisotopic (exact) mass is 318 g/mol. The minimum atomic E-state index is -0.414. The predicted molar refractivity (Wildman–Crippen MR) is 84.3 cm³/mol. The summed E-state index contributed by atoms with van der Waals surface area (Å²) in [7, 11) is 1.75. The van der Waals surface area contributed by atoms with Crippen LogP contribution in [0.4, 0.5) is 4.39 Å². The molecule has 4 nitrogen and oxygen atoms in total. The third-order valence-corrected chi connectivity index (χ3v) is 3.01. The molecule has 0 fully saturated rings. The number of carbonyl (C=O) groups excluding carboxylic acids is 1. The van der Waals surface area contributed by atoms with Crippen molar-refractivity contribution < 1.29 is 13.9 Å². The van der Waals surface area contributed by atoms with Gasteiger partial charge in [0.2, 0.25) is 5.91 Å². The molecular formula is C15H24ClFN2O2. The Morgan fingerprint density at radius 1 is 1.38 bits per heavy atom. The number of halogens is 2. The van der Waals surface area contributed by atoms with E-state index >= 15 is 0 Å². The Balaban J connectivity index is 0.00000400. The van der Waals surface area contributed by atoms with Crippen LogP contribution >= 0.6 is 12.4 Å². The summed E-state index contributed by atoms with van der Waals surface area (Å²) >= 11 is 0. The number of amides is 1. The first-order valence-electron chi connectivity index (χ1n) is 6.93. The Morgan fingerprint density at radius 3 is 2.57 bits per heavy atom. The van der Waals surface area contributed by atoms with Crippen LogP contribution in [0.25, 0.3) is 0 Å². The second-order valence-corrected chi connectivity index (χ2v) is 4.81. The number of hydrogen-bond acceptors (Lipinski definition) is 3. The molecule has 0 bridgehead atoms. The van der Waals surface area contributed by atoms with Gasteiger partial charge in [0, 0.05) is 13.6 Å². The Morgan fingerprint density at radius 2 is 2.00 bits per heavy atom. The molecule has 0 aromatic heterocycles. The van der Waals surface area contributed by atoms with Crippen LogP contribution in [0.5, 0.6) is 5.75 Å². The lowest BCUT2D eigenvalue weighted by Gasteiger charge is -2.21. The van der Waals surface area contributed by atoms with E-state index in [1.165, 1.54) is 12.1 Å². The maximum Gasteiger partial charge on any atom is 0.239 e. The summed E-state index contributed by atoms with van der Waals surface area (Å²) in [6, 6.07) is 5.47. The molecule has 0 saturated carbocycles. The number of hydrogen-bond donors (Lipinski definition) is 1. The molecule has 1 aromatic carbocycles. The topological polar surface area (TPSA) is 55.6 Å². The number of nitrogens with zero attached hydrogens (tertiary/aromatic N) is 1. The molecule has 1 atom stereocenters. The smallest absolute Gasteiger partial charge is 0.239 e. The van der Waals surface area contributed by atoms with Crippen molar-refractivity contribution in [3.8, 4) is 5.75 Å². The number of carbonyl (C=O) groups is 1. The van der Waals surface area contributed by atoms with Gasteiger partial charge in [0.25, 0.3) is 0 Å². The van der Waals surface area contributed by atoms with E-state index in [4.69, 9.17) is 10.5 Å². The minimum absolute atomic E-state index is 0. The zero-order valence-corrected chi connectivity index (χ0v) is 13.4. The zero-order chi connectivity index (χ0) is 15.0. The Hall–Kier alpha value is -1.33. The largest absolute Gasteiger partial charge is 0.494 e. The fourth-order valence-electron chi connectivity index (χ4n) is 1.85. The van der Waals surface area contributed by atoms with E-state index in [0.717, 1.165) is 6.42 Å². The van der Waals surface area contributed by atoms with Crippen molar-refractivity contribution >= 4 is 18.3 Å². The molecule has 0 spiro atoms. The lowest BCUT2D eigenvalue weighted by Crippen LogP contribution is -2.42. The highest BCUT2D eigenvalue weighted by molar-refractivity contribution is 5.85. The molecule has 1 rings (SSSR count). The summed E-state index contributed by atoms with van der Waals surface area (Å²) in [5.74, 6) is 0.310. The summed E-state index contributed by atoms with van der Waals surface area (Å²) in [5, 5.41) is 0. The second-order valence-electron chi connectivity index (χ2n) is 4.81. The number of ether oxygens (including phenoxy) is 1. The number of rotatable bonds is 8. The molecule has 0 aliphatic carbocycles. The first kappa shape index (κ1) is 19.7. The van der Waals surface area contributed by atoms with Crippen LogP contribution in [-0.4, -0.2) is 37.0 Å². The predicted octanol–water partition coefficient (Wildman–Crippen LogP) is 2.60. The van der Waals surface area contributed by atoms with Gasteiger partial charge in [-0.05, 0) is 37.1 Å². The first-order valence-corrected chi connectivity index (χ1v) is 6.93. The zero-order valence-electron chi connectivity index (χ0n) is 12.5. The van der Waals surface area contributed by atoms with Crippen LogP contribution in [-0.2, 0) is 4.79 Å². The van der Waals surface area contributed by atoms with Crippen LogP contribution in [0.1, 0.15) is 26.2 Å². The van der Waals surface area contributed by atoms with E-state index in [0.29, 0.717) is 31.7 Å². The summed E-state index contributed by atoms with van der Waals surface area (Å²) in [6.07, 6.45) is 2.31. The first-order chi connectivity index (χ1) is 9.54. The standard InChI is InChI=1S/C15H23FN2O2.ClH/c1-3-5-14(17)15(19)18(2)10-4-11-20-13-8-6-12(16)7-9-13;/h6-9,14H,3-5,10-11,17H2,1-2H3;1H. The summed E-state index contributed by atoms with van der Waals surface area (Å²) in [5.41, 5.74) is 5.78. The summed E-state index contributed by atoms with van der Waals surface area (Å²) in [4.78, 5) is 13.5. The summed E-state index contributed by atoms with van der Waals surface area (Å²) < 4.78 is 18.2. The Labute approximate surface area is 131 Å². The molecule has 0 saturated heterocycles. The fourth-order valence-corrected chi connectivity index (χ4v) is 1.85. The molecule has 0 radical (unpaired) electrons. The molecule has 2 N–H and O–H groups in total. The van der Waals surface area contributed by atoms with Crippen molar-refractivity contribution in [1.29, 1.82) is 0 Å². The van der Waals surface area contributed by atoms with E-state index < -0.39 is 6.04 Å². The second kappa shape index (κ2) is 10.4. The van der Waals surface area contributed by atoms with Crippen LogP contribution < -0.4 is 10.5 Å². The maximum atomic E-state index is 12.7. The number of likely N-dealkylation sites (N-methyl/N-ethyl adjacent to an activating group) is 1. The molecule has 1 unspecified atom stereocenters. The highest BCUT2D eigenvalue weighted by Crippen LogP contribution is 2.11. The third kappa shape index (κ3) is 7.29. The molecule has 1 amide bonds. The Kier molecular flexibility index (Phi) is 9.75. The lowest BCUT2D eigenvalue weighted by molar-refractivity contribution is -0.131. The Bertz CT molecular complexity index is 415. The molecule has 0 aliphatic heterocycles. The van der Waals surface area contributed by atoms with Gasteiger partial charge in [-0.2, -0.15) is 0 Å². The van der Waals surface area contributed by atoms with Crippen molar-refractivity contribution in [1.82, 2.24) is 4.90 Å². The van der Waals surface area contributed by atoms with E-state index in [-0.39, 0.29) is 24.1 Å². The minimum Gasteiger partial charge on any atom is -0.494 e. The molecule has 21 heavy (non-hydrogen) atoms. The van der Waals surface area contributed by atoms with E-state index in [1.54, 1.807) is 24.1 Å². The average molecular weight is 319 g/mol. The molecule has 120 valence electrons. The molecule has 6 heteroatoms. The molecule has 0 aliphatic rings. The van der Waals surface area contributed by atoms with Crippen LogP contribution in [0.15, 0.2) is 24.3 Å². The summed E-state index contributed by atoms with van der Waals surface area (Å²) in [6.45, 7) is 3.08. The maximum absolute atomic E-state index is 12.7.